The fourth-order valence-corrected chi connectivity index (χ4v) is 2.21. The highest BCUT2D eigenvalue weighted by Crippen LogP contribution is 2.26. The van der Waals surface area contributed by atoms with Crippen molar-refractivity contribution in [2.45, 2.75) is 6.92 Å². The van der Waals surface area contributed by atoms with E-state index in [1.54, 1.807) is 24.4 Å². The molecule has 2 aromatic rings. The van der Waals surface area contributed by atoms with Crippen molar-refractivity contribution in [3.63, 3.8) is 0 Å². The number of rotatable bonds is 3. The number of ether oxygens (including phenoxy) is 1. The molecule has 0 radical (unpaired) electrons. The first-order valence-electron chi connectivity index (χ1n) is 5.89. The topological polar surface area (TPSA) is 77.2 Å². The van der Waals surface area contributed by atoms with Gasteiger partial charge in [0.15, 0.2) is 0 Å². The van der Waals surface area contributed by atoms with Gasteiger partial charge in [-0.3, -0.25) is 4.79 Å². The normalized spacial score (nSPS) is 10.2. The van der Waals surface area contributed by atoms with Crippen molar-refractivity contribution < 1.29 is 9.53 Å². The Balaban J connectivity index is 2.28. The second kappa shape index (κ2) is 5.92. The lowest BCUT2D eigenvalue weighted by atomic mass is 10.1. The second-order valence-electron chi connectivity index (χ2n) is 4.19. The number of hydrogen-bond donors (Lipinski definition) is 2. The van der Waals surface area contributed by atoms with E-state index in [0.717, 1.165) is 10.0 Å². The molecule has 1 amide bonds. The molecule has 104 valence electrons. The summed E-state index contributed by atoms with van der Waals surface area (Å²) in [5.74, 6) is 0.651. The molecule has 0 unspecified atom stereocenters. The first-order valence-corrected chi connectivity index (χ1v) is 6.68. The number of nitrogens with one attached hydrogen (secondary N) is 1. The average molecular weight is 336 g/mol. The van der Waals surface area contributed by atoms with Gasteiger partial charge < -0.3 is 15.8 Å². The third-order valence-corrected chi connectivity index (χ3v) is 3.24. The fourth-order valence-electron chi connectivity index (χ4n) is 1.77. The molecule has 0 aliphatic rings. The Morgan fingerprint density at radius 1 is 1.45 bits per heavy atom. The molecule has 0 bridgehead atoms. The van der Waals surface area contributed by atoms with Crippen molar-refractivity contribution in [1.29, 1.82) is 0 Å². The quantitative estimate of drug-likeness (QED) is 0.845. The van der Waals surface area contributed by atoms with E-state index in [2.05, 4.69) is 26.2 Å². The molecule has 1 aromatic heterocycles. The van der Waals surface area contributed by atoms with Crippen LogP contribution in [0, 0.1) is 6.92 Å². The number of methoxy groups -OCH3 is 1. The SMILES string of the molecule is COc1cccc(C(=O)Nc2ncc(Br)cc2C)c1N. The zero-order valence-corrected chi connectivity index (χ0v) is 12.7. The number of nitrogens with zero attached hydrogens (tertiary/aromatic N) is 1. The van der Waals surface area contributed by atoms with Crippen molar-refractivity contribution in [2.24, 2.45) is 0 Å². The van der Waals surface area contributed by atoms with Crippen molar-refractivity contribution in [2.75, 3.05) is 18.2 Å². The number of nitrogens with two attached hydrogens (primary N) is 1. The minimum atomic E-state index is -0.320. The van der Waals surface area contributed by atoms with Gasteiger partial charge in [-0.15, -0.1) is 0 Å². The molecule has 0 aliphatic heterocycles. The number of benzene rings is 1. The summed E-state index contributed by atoms with van der Waals surface area (Å²) in [6, 6.07) is 6.93. The van der Waals surface area contributed by atoms with Crippen LogP contribution in [0.5, 0.6) is 5.75 Å². The minimum absolute atomic E-state index is 0.308. The first kappa shape index (κ1) is 14.3. The number of amides is 1. The molecule has 1 aromatic carbocycles. The third kappa shape index (κ3) is 2.91. The number of para-hydroxylation sites is 1. The van der Waals surface area contributed by atoms with Gasteiger partial charge in [0.25, 0.3) is 5.91 Å². The van der Waals surface area contributed by atoms with E-state index in [4.69, 9.17) is 10.5 Å². The van der Waals surface area contributed by atoms with Gasteiger partial charge in [0.05, 0.1) is 18.4 Å². The maximum Gasteiger partial charge on any atom is 0.259 e. The molecule has 0 saturated heterocycles. The smallest absolute Gasteiger partial charge is 0.259 e. The predicted molar refractivity (Wildman–Crippen MR) is 82.0 cm³/mol. The summed E-state index contributed by atoms with van der Waals surface area (Å²) in [5.41, 5.74) is 7.42. The van der Waals surface area contributed by atoms with Crippen LogP contribution in [0.2, 0.25) is 0 Å². The van der Waals surface area contributed by atoms with E-state index in [1.165, 1.54) is 7.11 Å². The standard InChI is InChI=1S/C14H14BrN3O2/c1-8-6-9(15)7-17-13(8)18-14(19)10-4-3-5-11(20-2)12(10)16/h3-7H,16H2,1-2H3,(H,17,18,19). The van der Waals surface area contributed by atoms with Crippen LogP contribution in [0.1, 0.15) is 15.9 Å². The number of anilines is 2. The summed E-state index contributed by atoms with van der Waals surface area (Å²) in [7, 11) is 1.51. The van der Waals surface area contributed by atoms with E-state index in [-0.39, 0.29) is 5.91 Å². The molecule has 5 nitrogen and oxygen atoms in total. The highest BCUT2D eigenvalue weighted by molar-refractivity contribution is 9.10. The van der Waals surface area contributed by atoms with Crippen LogP contribution < -0.4 is 15.8 Å². The fraction of sp³-hybridized carbons (Fsp3) is 0.143. The van der Waals surface area contributed by atoms with Gasteiger partial charge in [0.1, 0.15) is 11.6 Å². The highest BCUT2D eigenvalue weighted by atomic mass is 79.9. The van der Waals surface area contributed by atoms with E-state index < -0.39 is 0 Å². The van der Waals surface area contributed by atoms with Crippen molar-refractivity contribution in [1.82, 2.24) is 4.98 Å². The van der Waals surface area contributed by atoms with Crippen molar-refractivity contribution >= 4 is 33.3 Å². The molecular weight excluding hydrogens is 322 g/mol. The van der Waals surface area contributed by atoms with Gasteiger partial charge in [-0.1, -0.05) is 6.07 Å². The van der Waals surface area contributed by atoms with E-state index in [1.807, 2.05) is 13.0 Å². The summed E-state index contributed by atoms with van der Waals surface area (Å²) in [6.07, 6.45) is 1.62. The number of aromatic nitrogens is 1. The Labute approximate surface area is 125 Å². The molecular formula is C14H14BrN3O2. The van der Waals surface area contributed by atoms with Crippen LogP contribution in [-0.2, 0) is 0 Å². The molecule has 0 spiro atoms. The van der Waals surface area contributed by atoms with Crippen LogP contribution in [0.15, 0.2) is 34.9 Å². The number of carbonyl (C=O) groups excluding carboxylic acids is 1. The lowest BCUT2D eigenvalue weighted by Crippen LogP contribution is -2.16. The zero-order chi connectivity index (χ0) is 14.7. The van der Waals surface area contributed by atoms with Gasteiger partial charge in [-0.05, 0) is 46.6 Å². The number of carbonyl (C=O) groups is 1. The number of halogens is 1. The van der Waals surface area contributed by atoms with Crippen LogP contribution in [-0.4, -0.2) is 18.0 Å². The van der Waals surface area contributed by atoms with E-state index >= 15 is 0 Å². The molecule has 0 aliphatic carbocycles. The monoisotopic (exact) mass is 335 g/mol. The lowest BCUT2D eigenvalue weighted by Gasteiger charge is -2.11. The van der Waals surface area contributed by atoms with Gasteiger partial charge in [0, 0.05) is 10.7 Å². The van der Waals surface area contributed by atoms with Crippen molar-refractivity contribution in [3.05, 3.63) is 46.1 Å². The molecule has 0 fully saturated rings. The Bertz CT molecular complexity index is 659. The van der Waals surface area contributed by atoms with Crippen LogP contribution >= 0.6 is 15.9 Å². The van der Waals surface area contributed by atoms with Gasteiger partial charge in [-0.2, -0.15) is 0 Å². The Kier molecular flexibility index (Phi) is 4.24. The van der Waals surface area contributed by atoms with Crippen LogP contribution in [0.3, 0.4) is 0 Å². The molecule has 3 N–H and O–H groups in total. The second-order valence-corrected chi connectivity index (χ2v) is 5.11. The number of pyridine rings is 1. The first-order chi connectivity index (χ1) is 9.52. The number of nitrogen functional groups attached to an aromatic ring is 1. The molecule has 2 rings (SSSR count). The van der Waals surface area contributed by atoms with Crippen molar-refractivity contribution in [3.8, 4) is 5.75 Å². The lowest BCUT2D eigenvalue weighted by molar-refractivity contribution is 0.102. The maximum atomic E-state index is 12.2. The molecule has 6 heteroatoms. The largest absolute Gasteiger partial charge is 0.495 e. The molecule has 0 atom stereocenters. The Morgan fingerprint density at radius 3 is 2.85 bits per heavy atom. The Hall–Kier alpha value is -2.08. The van der Waals surface area contributed by atoms with Crippen LogP contribution in [0.25, 0.3) is 0 Å². The van der Waals surface area contributed by atoms with E-state index in [0.29, 0.717) is 22.8 Å². The van der Waals surface area contributed by atoms with Gasteiger partial charge in [0.2, 0.25) is 0 Å². The third-order valence-electron chi connectivity index (χ3n) is 2.81. The molecule has 20 heavy (non-hydrogen) atoms. The molecule has 0 saturated carbocycles. The number of aryl methyl sites for hydroxylation is 1. The predicted octanol–water partition coefficient (Wildman–Crippen LogP) is 3.00. The van der Waals surface area contributed by atoms with Gasteiger partial charge in [-0.25, -0.2) is 4.98 Å². The summed E-state index contributed by atoms with van der Waals surface area (Å²) >= 11 is 3.33. The Morgan fingerprint density at radius 2 is 2.20 bits per heavy atom. The van der Waals surface area contributed by atoms with E-state index in [9.17, 15) is 4.79 Å². The van der Waals surface area contributed by atoms with Gasteiger partial charge >= 0.3 is 0 Å². The maximum absolute atomic E-state index is 12.2. The summed E-state index contributed by atoms with van der Waals surface area (Å²) in [4.78, 5) is 16.4. The molecule has 1 heterocycles. The number of hydrogen-bond acceptors (Lipinski definition) is 4. The average Bonchev–Trinajstić information content (AvgIpc) is 2.42. The minimum Gasteiger partial charge on any atom is -0.495 e. The zero-order valence-electron chi connectivity index (χ0n) is 11.1. The van der Waals surface area contributed by atoms with Crippen LogP contribution in [0.4, 0.5) is 11.5 Å². The summed E-state index contributed by atoms with van der Waals surface area (Å²) < 4.78 is 5.95. The highest BCUT2D eigenvalue weighted by Gasteiger charge is 2.14. The summed E-state index contributed by atoms with van der Waals surface area (Å²) in [5, 5.41) is 2.74. The summed E-state index contributed by atoms with van der Waals surface area (Å²) in [6.45, 7) is 1.86.